The lowest BCUT2D eigenvalue weighted by atomic mass is 10.6. The second-order valence-corrected chi connectivity index (χ2v) is 1.76. The van der Waals surface area contributed by atoms with Gasteiger partial charge in [-0.1, -0.05) is 0 Å². The van der Waals surface area contributed by atoms with Crippen LogP contribution < -0.4 is 0 Å². The fourth-order valence-corrected chi connectivity index (χ4v) is 0.344. The standard InChI is InChI=1S/C6H6O6/c1-3(7)11-5(9)6(10)12-4(2)8/h1-2H3. The summed E-state index contributed by atoms with van der Waals surface area (Å²) in [6.07, 6.45) is 0. The van der Waals surface area contributed by atoms with Gasteiger partial charge < -0.3 is 9.47 Å². The molecular formula is C6H6O6. The van der Waals surface area contributed by atoms with Crippen molar-refractivity contribution in [2.75, 3.05) is 0 Å². The molecule has 6 heteroatoms. The van der Waals surface area contributed by atoms with Crippen LogP contribution in [0.1, 0.15) is 13.8 Å². The number of hydrogen-bond acceptors (Lipinski definition) is 6. The summed E-state index contributed by atoms with van der Waals surface area (Å²) in [7, 11) is 0. The highest BCUT2D eigenvalue weighted by molar-refractivity contribution is 6.33. The summed E-state index contributed by atoms with van der Waals surface area (Å²) in [6.45, 7) is 1.89. The summed E-state index contributed by atoms with van der Waals surface area (Å²) in [5, 5.41) is 0. The zero-order valence-corrected chi connectivity index (χ0v) is 6.45. The molecule has 0 aromatic carbocycles. The highest BCUT2D eigenvalue weighted by atomic mass is 16.6. The van der Waals surface area contributed by atoms with Crippen LogP contribution in [0.5, 0.6) is 0 Å². The van der Waals surface area contributed by atoms with Crippen molar-refractivity contribution in [1.82, 2.24) is 0 Å². The van der Waals surface area contributed by atoms with E-state index in [0.29, 0.717) is 0 Å². The number of esters is 4. The molecule has 0 saturated heterocycles. The maximum absolute atomic E-state index is 10.4. The van der Waals surface area contributed by atoms with E-state index in [-0.39, 0.29) is 0 Å². The Morgan fingerprint density at radius 2 is 1.00 bits per heavy atom. The van der Waals surface area contributed by atoms with Gasteiger partial charge in [-0.25, -0.2) is 9.59 Å². The van der Waals surface area contributed by atoms with E-state index in [9.17, 15) is 19.2 Å². The van der Waals surface area contributed by atoms with Crippen LogP contribution in [0.15, 0.2) is 0 Å². The Labute approximate surface area is 67.4 Å². The van der Waals surface area contributed by atoms with Crippen molar-refractivity contribution >= 4 is 23.9 Å². The first kappa shape index (κ1) is 10.3. The Morgan fingerprint density at radius 1 is 0.750 bits per heavy atom. The fraction of sp³-hybridized carbons (Fsp3) is 0.333. The van der Waals surface area contributed by atoms with Crippen molar-refractivity contribution in [2.24, 2.45) is 0 Å². The zero-order valence-electron chi connectivity index (χ0n) is 6.45. The molecule has 66 valence electrons. The Morgan fingerprint density at radius 3 is 1.17 bits per heavy atom. The van der Waals surface area contributed by atoms with Crippen LogP contribution >= 0.6 is 0 Å². The molecule has 0 rings (SSSR count). The maximum Gasteiger partial charge on any atom is 0.425 e. The lowest BCUT2D eigenvalue weighted by Gasteiger charge is -1.96. The zero-order chi connectivity index (χ0) is 9.72. The minimum Gasteiger partial charge on any atom is -0.385 e. The number of ether oxygens (including phenoxy) is 2. The number of rotatable bonds is 0. The van der Waals surface area contributed by atoms with Crippen molar-refractivity contribution in [1.29, 1.82) is 0 Å². The molecule has 12 heavy (non-hydrogen) atoms. The van der Waals surface area contributed by atoms with Gasteiger partial charge in [0.25, 0.3) is 0 Å². The molecule has 0 aliphatic rings. The van der Waals surface area contributed by atoms with Crippen molar-refractivity contribution in [2.45, 2.75) is 13.8 Å². The monoisotopic (exact) mass is 174 g/mol. The van der Waals surface area contributed by atoms with E-state index in [1.54, 1.807) is 0 Å². The summed E-state index contributed by atoms with van der Waals surface area (Å²) in [6, 6.07) is 0. The van der Waals surface area contributed by atoms with Crippen LogP contribution in [0.4, 0.5) is 0 Å². The van der Waals surface area contributed by atoms with E-state index in [4.69, 9.17) is 0 Å². The van der Waals surface area contributed by atoms with Gasteiger partial charge in [-0.3, -0.25) is 9.59 Å². The van der Waals surface area contributed by atoms with Gasteiger partial charge in [0.05, 0.1) is 0 Å². The third-order valence-corrected chi connectivity index (χ3v) is 0.640. The summed E-state index contributed by atoms with van der Waals surface area (Å²) < 4.78 is 7.62. The molecular weight excluding hydrogens is 168 g/mol. The van der Waals surface area contributed by atoms with Crippen LogP contribution in [0.2, 0.25) is 0 Å². The Bertz CT molecular complexity index is 214. The van der Waals surface area contributed by atoms with Crippen molar-refractivity contribution in [3.8, 4) is 0 Å². The highest BCUT2D eigenvalue weighted by Gasteiger charge is 2.20. The Hall–Kier alpha value is -1.72. The summed E-state index contributed by atoms with van der Waals surface area (Å²) >= 11 is 0. The van der Waals surface area contributed by atoms with E-state index < -0.39 is 23.9 Å². The van der Waals surface area contributed by atoms with Crippen LogP contribution in [0, 0.1) is 0 Å². The molecule has 0 radical (unpaired) electrons. The lowest BCUT2D eigenvalue weighted by molar-refractivity contribution is -0.176. The minimum atomic E-state index is -1.50. The first-order valence-corrected chi connectivity index (χ1v) is 2.88. The molecule has 0 saturated carbocycles. The molecule has 0 unspecified atom stereocenters. The van der Waals surface area contributed by atoms with E-state index in [2.05, 4.69) is 9.47 Å². The molecule has 0 heterocycles. The maximum atomic E-state index is 10.4. The Kier molecular flexibility index (Phi) is 3.61. The lowest BCUT2D eigenvalue weighted by Crippen LogP contribution is -2.23. The molecule has 0 atom stereocenters. The van der Waals surface area contributed by atoms with Crippen LogP contribution in [0.3, 0.4) is 0 Å². The molecule has 0 N–H and O–H groups in total. The van der Waals surface area contributed by atoms with Gasteiger partial charge in [0.2, 0.25) is 0 Å². The smallest absolute Gasteiger partial charge is 0.385 e. The highest BCUT2D eigenvalue weighted by Crippen LogP contribution is 1.85. The topological polar surface area (TPSA) is 86.7 Å². The average molecular weight is 174 g/mol. The van der Waals surface area contributed by atoms with E-state index in [1.807, 2.05) is 0 Å². The average Bonchev–Trinajstić information content (AvgIpc) is 1.84. The molecule has 0 fully saturated rings. The molecule has 0 aromatic heterocycles. The second-order valence-electron chi connectivity index (χ2n) is 1.76. The number of hydrogen-bond donors (Lipinski definition) is 0. The SMILES string of the molecule is CC(=O)OC(=O)C(=O)OC(C)=O. The summed E-state index contributed by atoms with van der Waals surface area (Å²) in [5.41, 5.74) is 0. The largest absolute Gasteiger partial charge is 0.425 e. The first-order chi connectivity index (χ1) is 5.43. The molecule has 0 aliphatic heterocycles. The Balaban J connectivity index is 4.03. The van der Waals surface area contributed by atoms with Gasteiger partial charge >= 0.3 is 23.9 Å². The van der Waals surface area contributed by atoms with Crippen LogP contribution in [-0.4, -0.2) is 23.9 Å². The van der Waals surface area contributed by atoms with Gasteiger partial charge in [-0.2, -0.15) is 0 Å². The number of carbonyl (C=O) groups is 4. The summed E-state index contributed by atoms with van der Waals surface area (Å²) in [5.74, 6) is -4.89. The second kappa shape index (κ2) is 4.22. The first-order valence-electron chi connectivity index (χ1n) is 2.88. The van der Waals surface area contributed by atoms with Gasteiger partial charge in [0.1, 0.15) is 0 Å². The van der Waals surface area contributed by atoms with Gasteiger partial charge in [-0.05, 0) is 0 Å². The van der Waals surface area contributed by atoms with Gasteiger partial charge in [0.15, 0.2) is 0 Å². The molecule has 0 spiro atoms. The number of carbonyl (C=O) groups excluding carboxylic acids is 4. The van der Waals surface area contributed by atoms with Crippen molar-refractivity contribution < 1.29 is 28.7 Å². The molecule has 0 aliphatic carbocycles. The molecule has 0 amide bonds. The van der Waals surface area contributed by atoms with Gasteiger partial charge in [0, 0.05) is 13.8 Å². The molecule has 6 nitrogen and oxygen atoms in total. The van der Waals surface area contributed by atoms with E-state index in [1.165, 1.54) is 0 Å². The predicted molar refractivity (Wildman–Crippen MR) is 33.5 cm³/mol. The third-order valence-electron chi connectivity index (χ3n) is 0.640. The molecule has 0 aromatic rings. The van der Waals surface area contributed by atoms with E-state index in [0.717, 1.165) is 13.8 Å². The predicted octanol–water partition coefficient (Wildman–Crippen LogP) is -0.834. The normalized spacial score (nSPS) is 8.50. The third kappa shape index (κ3) is 4.15. The van der Waals surface area contributed by atoms with Crippen LogP contribution in [0.25, 0.3) is 0 Å². The van der Waals surface area contributed by atoms with Gasteiger partial charge in [-0.15, -0.1) is 0 Å². The van der Waals surface area contributed by atoms with E-state index >= 15 is 0 Å². The van der Waals surface area contributed by atoms with Crippen molar-refractivity contribution in [3.05, 3.63) is 0 Å². The molecule has 0 bridgehead atoms. The minimum absolute atomic E-state index is 0.943. The summed E-state index contributed by atoms with van der Waals surface area (Å²) in [4.78, 5) is 41.1. The van der Waals surface area contributed by atoms with Crippen LogP contribution in [-0.2, 0) is 28.7 Å². The fourth-order valence-electron chi connectivity index (χ4n) is 0.344. The quantitative estimate of drug-likeness (QED) is 0.270. The van der Waals surface area contributed by atoms with Crippen molar-refractivity contribution in [3.63, 3.8) is 0 Å².